The zero-order valence-electron chi connectivity index (χ0n) is 14.1. The van der Waals surface area contributed by atoms with E-state index in [9.17, 15) is 13.2 Å². The molecule has 0 spiro atoms. The molecule has 5 nitrogen and oxygen atoms in total. The Labute approximate surface area is 152 Å². The van der Waals surface area contributed by atoms with Crippen molar-refractivity contribution in [2.45, 2.75) is 24.0 Å². The molecule has 0 unspecified atom stereocenters. The summed E-state index contributed by atoms with van der Waals surface area (Å²) in [4.78, 5) is 0. The van der Waals surface area contributed by atoms with Gasteiger partial charge in [-0.3, -0.25) is 0 Å². The maximum atomic E-state index is 12.2. The van der Waals surface area contributed by atoms with Gasteiger partial charge in [0.2, 0.25) is 0 Å². The quantitative estimate of drug-likeness (QED) is 0.582. The summed E-state index contributed by atoms with van der Waals surface area (Å²) in [6, 6.07) is 8.41. The first-order valence-corrected chi connectivity index (χ1v) is 8.67. The summed E-state index contributed by atoms with van der Waals surface area (Å²) in [5, 5.41) is 9.06. The number of hydrogen-bond acceptors (Lipinski definition) is 5. The molecule has 0 saturated heterocycles. The molecule has 1 aromatic carbocycles. The Bertz CT molecular complexity index is 890. The number of halogens is 3. The molecule has 0 aliphatic rings. The molecule has 0 atom stereocenters. The summed E-state index contributed by atoms with van der Waals surface area (Å²) in [5.41, 5.74) is 1.70. The monoisotopic (exact) mass is 383 g/mol. The van der Waals surface area contributed by atoms with Gasteiger partial charge in [0.1, 0.15) is 11.5 Å². The molecule has 9 heteroatoms. The van der Waals surface area contributed by atoms with Gasteiger partial charge in [0.25, 0.3) is 0 Å². The van der Waals surface area contributed by atoms with Gasteiger partial charge < -0.3 is 13.7 Å². The highest BCUT2D eigenvalue weighted by molar-refractivity contribution is 7.98. The van der Waals surface area contributed by atoms with Crippen molar-refractivity contribution in [3.63, 3.8) is 0 Å². The van der Waals surface area contributed by atoms with Crippen LogP contribution in [0.2, 0.25) is 0 Å². The van der Waals surface area contributed by atoms with E-state index in [0.717, 1.165) is 16.9 Å². The van der Waals surface area contributed by atoms with E-state index in [1.165, 1.54) is 17.8 Å². The number of aryl methyl sites for hydroxylation is 1. The van der Waals surface area contributed by atoms with Crippen LogP contribution in [-0.2, 0) is 12.8 Å². The van der Waals surface area contributed by atoms with Crippen molar-refractivity contribution in [3.8, 4) is 17.1 Å². The molecule has 0 aliphatic heterocycles. The third-order valence-electron chi connectivity index (χ3n) is 3.60. The lowest BCUT2D eigenvalue weighted by atomic mass is 10.2. The average molecular weight is 383 g/mol. The van der Waals surface area contributed by atoms with Crippen LogP contribution in [0.3, 0.4) is 0 Å². The van der Waals surface area contributed by atoms with Crippen LogP contribution in [0.1, 0.15) is 11.3 Å². The lowest BCUT2D eigenvalue weighted by Crippen LogP contribution is -2.19. The van der Waals surface area contributed by atoms with Gasteiger partial charge in [-0.1, -0.05) is 23.9 Å². The predicted molar refractivity (Wildman–Crippen MR) is 91.0 cm³/mol. The number of nitrogens with zero attached hydrogens (tertiary/aromatic N) is 3. The summed E-state index contributed by atoms with van der Waals surface area (Å²) in [7, 11) is 1.85. The fourth-order valence-corrected chi connectivity index (χ4v) is 3.18. The molecule has 3 aromatic rings. The smallest absolute Gasteiger partial charge is 0.422 e. The summed E-state index contributed by atoms with van der Waals surface area (Å²) < 4.78 is 48.7. The van der Waals surface area contributed by atoms with Gasteiger partial charge in [-0.2, -0.15) is 13.2 Å². The minimum atomic E-state index is -4.36. The number of thioether (sulfide) groups is 1. The predicted octanol–water partition coefficient (Wildman–Crippen LogP) is 4.62. The summed E-state index contributed by atoms with van der Waals surface area (Å²) >= 11 is 1.44. The second-order valence-corrected chi connectivity index (χ2v) is 6.54. The second kappa shape index (κ2) is 7.45. The molecule has 0 aliphatic carbocycles. The summed E-state index contributed by atoms with van der Waals surface area (Å²) in [6.45, 7) is 0.545. The standard InChI is InChI=1S/C17H16F3N3O2S/c1-11-14(6-7-24-11)15-21-22-16(23(15)2)26-9-12-4-3-5-13(8-12)25-10-17(18,19)20/h3-8H,9-10H2,1-2H3. The molecule has 0 N–H and O–H groups in total. The van der Waals surface area contributed by atoms with Crippen LogP contribution in [-0.4, -0.2) is 27.5 Å². The molecule has 138 valence electrons. The topological polar surface area (TPSA) is 53.1 Å². The second-order valence-electron chi connectivity index (χ2n) is 5.60. The van der Waals surface area contributed by atoms with Crippen LogP contribution < -0.4 is 4.74 Å². The maximum Gasteiger partial charge on any atom is 0.422 e. The van der Waals surface area contributed by atoms with Gasteiger partial charge in [0, 0.05) is 12.8 Å². The van der Waals surface area contributed by atoms with Gasteiger partial charge >= 0.3 is 6.18 Å². The number of alkyl halides is 3. The minimum absolute atomic E-state index is 0.188. The van der Waals surface area contributed by atoms with Crippen molar-refractivity contribution < 1.29 is 22.3 Å². The number of aromatic nitrogens is 3. The number of furan rings is 1. The van der Waals surface area contributed by atoms with Crippen molar-refractivity contribution in [1.29, 1.82) is 0 Å². The van der Waals surface area contributed by atoms with Gasteiger partial charge in [-0.05, 0) is 30.7 Å². The normalized spacial score (nSPS) is 11.7. The third kappa shape index (κ3) is 4.40. The van der Waals surface area contributed by atoms with E-state index in [2.05, 4.69) is 10.2 Å². The van der Waals surface area contributed by atoms with Gasteiger partial charge in [0.15, 0.2) is 17.6 Å². The van der Waals surface area contributed by atoms with Crippen molar-refractivity contribution >= 4 is 11.8 Å². The molecule has 26 heavy (non-hydrogen) atoms. The summed E-state index contributed by atoms with van der Waals surface area (Å²) in [5.74, 6) is 2.17. The highest BCUT2D eigenvalue weighted by atomic mass is 32.2. The van der Waals surface area contributed by atoms with E-state index < -0.39 is 12.8 Å². The largest absolute Gasteiger partial charge is 0.484 e. The van der Waals surface area contributed by atoms with E-state index in [0.29, 0.717) is 16.7 Å². The highest BCUT2D eigenvalue weighted by Gasteiger charge is 2.28. The molecule has 0 amide bonds. The minimum Gasteiger partial charge on any atom is -0.484 e. The average Bonchev–Trinajstić information content (AvgIpc) is 3.16. The Kier molecular flexibility index (Phi) is 5.26. The van der Waals surface area contributed by atoms with Crippen LogP contribution in [0.15, 0.2) is 46.2 Å². The van der Waals surface area contributed by atoms with Crippen LogP contribution >= 0.6 is 11.8 Å². The molecule has 2 aromatic heterocycles. The molecule has 3 rings (SSSR count). The first-order chi connectivity index (χ1) is 12.3. The number of ether oxygens (including phenoxy) is 1. The third-order valence-corrected chi connectivity index (χ3v) is 4.69. The first-order valence-electron chi connectivity index (χ1n) is 7.68. The molecule has 0 fully saturated rings. The van der Waals surface area contributed by atoms with Gasteiger partial charge in [-0.15, -0.1) is 10.2 Å². The van der Waals surface area contributed by atoms with Crippen LogP contribution in [0.5, 0.6) is 5.75 Å². The van der Waals surface area contributed by atoms with Crippen molar-refractivity contribution in [2.75, 3.05) is 6.61 Å². The molecule has 0 radical (unpaired) electrons. The number of hydrogen-bond donors (Lipinski definition) is 0. The van der Waals surface area contributed by atoms with E-state index in [4.69, 9.17) is 9.15 Å². The van der Waals surface area contributed by atoms with E-state index >= 15 is 0 Å². The van der Waals surface area contributed by atoms with E-state index in [-0.39, 0.29) is 5.75 Å². The van der Waals surface area contributed by atoms with E-state index in [1.807, 2.05) is 30.7 Å². The van der Waals surface area contributed by atoms with Crippen LogP contribution in [0.25, 0.3) is 11.4 Å². The van der Waals surface area contributed by atoms with Crippen molar-refractivity contribution in [1.82, 2.24) is 14.8 Å². The molecular weight excluding hydrogens is 367 g/mol. The Morgan fingerprint density at radius 2 is 2.04 bits per heavy atom. The Hall–Kier alpha value is -2.42. The van der Waals surface area contributed by atoms with Gasteiger partial charge in [-0.25, -0.2) is 0 Å². The summed E-state index contributed by atoms with van der Waals surface area (Å²) in [6.07, 6.45) is -2.76. The first kappa shape index (κ1) is 18.4. The van der Waals surface area contributed by atoms with Crippen molar-refractivity contribution in [3.05, 3.63) is 47.9 Å². The molecular formula is C17H16F3N3O2S. The fourth-order valence-electron chi connectivity index (χ4n) is 2.33. The van der Waals surface area contributed by atoms with Gasteiger partial charge in [0.05, 0.1) is 11.8 Å². The molecule has 0 saturated carbocycles. The lowest BCUT2D eigenvalue weighted by Gasteiger charge is -2.10. The Morgan fingerprint density at radius 3 is 2.73 bits per heavy atom. The highest BCUT2D eigenvalue weighted by Crippen LogP contribution is 2.28. The SMILES string of the molecule is Cc1occc1-c1nnc(SCc2cccc(OCC(F)(F)F)c2)n1C. The van der Waals surface area contributed by atoms with Crippen LogP contribution in [0.4, 0.5) is 13.2 Å². The van der Waals surface area contributed by atoms with Crippen LogP contribution in [0, 0.1) is 6.92 Å². The van der Waals surface area contributed by atoms with Crippen molar-refractivity contribution in [2.24, 2.45) is 7.05 Å². The lowest BCUT2D eigenvalue weighted by molar-refractivity contribution is -0.153. The maximum absolute atomic E-state index is 12.2. The zero-order chi connectivity index (χ0) is 18.7. The molecule has 0 bridgehead atoms. The van der Waals surface area contributed by atoms with E-state index in [1.54, 1.807) is 18.4 Å². The Morgan fingerprint density at radius 1 is 1.23 bits per heavy atom. The number of rotatable bonds is 6. The zero-order valence-corrected chi connectivity index (χ0v) is 14.9. The Balaban J connectivity index is 1.66. The number of benzene rings is 1. The fraction of sp³-hybridized carbons (Fsp3) is 0.294. The molecule has 2 heterocycles.